The van der Waals surface area contributed by atoms with E-state index in [1.807, 2.05) is 22.4 Å². The van der Waals surface area contributed by atoms with E-state index in [9.17, 15) is 4.79 Å². The van der Waals surface area contributed by atoms with Gasteiger partial charge in [0.2, 0.25) is 5.91 Å². The van der Waals surface area contributed by atoms with Gasteiger partial charge in [0.25, 0.3) is 0 Å². The van der Waals surface area contributed by atoms with Crippen molar-refractivity contribution in [2.45, 2.75) is 31.7 Å². The van der Waals surface area contributed by atoms with Crippen molar-refractivity contribution in [1.82, 2.24) is 4.90 Å². The maximum Gasteiger partial charge on any atom is 0.227 e. The molecule has 3 nitrogen and oxygen atoms in total. The molecular formula is C14H20N2OS. The topological polar surface area (TPSA) is 46.3 Å². The van der Waals surface area contributed by atoms with Crippen LogP contribution in [-0.4, -0.2) is 29.9 Å². The van der Waals surface area contributed by atoms with Crippen LogP contribution in [0.2, 0.25) is 0 Å². The molecule has 1 aliphatic heterocycles. The Morgan fingerprint density at radius 2 is 2.33 bits per heavy atom. The SMILES string of the molecule is NC1CCCC2CN(C(=O)Cc3cccs3)CC12. The molecule has 0 bridgehead atoms. The molecule has 98 valence electrons. The van der Waals surface area contributed by atoms with E-state index < -0.39 is 0 Å². The van der Waals surface area contributed by atoms with Gasteiger partial charge < -0.3 is 10.6 Å². The molecule has 3 atom stereocenters. The Labute approximate surface area is 112 Å². The Hall–Kier alpha value is -0.870. The predicted octanol–water partition coefficient (Wildman–Crippen LogP) is 1.88. The molecular weight excluding hydrogens is 244 g/mol. The zero-order valence-corrected chi connectivity index (χ0v) is 11.4. The maximum absolute atomic E-state index is 12.3. The number of nitrogens with zero attached hydrogens (tertiary/aromatic N) is 1. The second kappa shape index (κ2) is 5.02. The molecule has 2 aliphatic rings. The molecule has 3 unspecified atom stereocenters. The molecule has 2 fully saturated rings. The average Bonchev–Trinajstić information content (AvgIpc) is 2.97. The third kappa shape index (κ3) is 2.31. The van der Waals surface area contributed by atoms with E-state index in [4.69, 9.17) is 5.73 Å². The Morgan fingerprint density at radius 3 is 3.06 bits per heavy atom. The molecule has 18 heavy (non-hydrogen) atoms. The summed E-state index contributed by atoms with van der Waals surface area (Å²) in [6.45, 7) is 1.82. The highest BCUT2D eigenvalue weighted by Crippen LogP contribution is 2.35. The highest BCUT2D eigenvalue weighted by atomic mass is 32.1. The lowest BCUT2D eigenvalue weighted by Gasteiger charge is -2.29. The number of likely N-dealkylation sites (tertiary alicyclic amines) is 1. The van der Waals surface area contributed by atoms with Crippen molar-refractivity contribution >= 4 is 17.2 Å². The summed E-state index contributed by atoms with van der Waals surface area (Å²) in [7, 11) is 0. The highest BCUT2D eigenvalue weighted by Gasteiger charge is 2.40. The van der Waals surface area contributed by atoms with Gasteiger partial charge in [0.15, 0.2) is 0 Å². The van der Waals surface area contributed by atoms with Gasteiger partial charge in [-0.05, 0) is 36.1 Å². The Morgan fingerprint density at radius 1 is 1.44 bits per heavy atom. The van der Waals surface area contributed by atoms with Crippen LogP contribution in [0.1, 0.15) is 24.1 Å². The predicted molar refractivity (Wildman–Crippen MR) is 73.4 cm³/mol. The largest absolute Gasteiger partial charge is 0.342 e. The first kappa shape index (κ1) is 12.2. The number of rotatable bonds is 2. The highest BCUT2D eigenvalue weighted by molar-refractivity contribution is 7.10. The molecule has 1 aliphatic carbocycles. The molecule has 1 saturated carbocycles. The first-order chi connectivity index (χ1) is 8.74. The van der Waals surface area contributed by atoms with Crippen molar-refractivity contribution < 1.29 is 4.79 Å². The first-order valence-corrected chi connectivity index (χ1v) is 7.68. The minimum atomic E-state index is 0.277. The van der Waals surface area contributed by atoms with E-state index in [-0.39, 0.29) is 5.91 Å². The van der Waals surface area contributed by atoms with Crippen LogP contribution in [-0.2, 0) is 11.2 Å². The van der Waals surface area contributed by atoms with Gasteiger partial charge >= 0.3 is 0 Å². The van der Waals surface area contributed by atoms with Crippen LogP contribution in [0, 0.1) is 11.8 Å². The summed E-state index contributed by atoms with van der Waals surface area (Å²) in [5.41, 5.74) is 6.18. The molecule has 3 rings (SSSR count). The van der Waals surface area contributed by atoms with Gasteiger partial charge in [0.05, 0.1) is 6.42 Å². The van der Waals surface area contributed by atoms with Crippen molar-refractivity contribution in [2.24, 2.45) is 17.6 Å². The second-order valence-corrected chi connectivity index (χ2v) is 6.61. The van der Waals surface area contributed by atoms with Crippen LogP contribution in [0.5, 0.6) is 0 Å². The number of thiophene rings is 1. The summed E-state index contributed by atoms with van der Waals surface area (Å²) in [6, 6.07) is 4.35. The molecule has 0 spiro atoms. The fraction of sp³-hybridized carbons (Fsp3) is 0.643. The van der Waals surface area contributed by atoms with Gasteiger partial charge in [-0.15, -0.1) is 11.3 Å². The molecule has 0 radical (unpaired) electrons. The second-order valence-electron chi connectivity index (χ2n) is 5.57. The van der Waals surface area contributed by atoms with E-state index in [0.29, 0.717) is 24.3 Å². The summed E-state index contributed by atoms with van der Waals surface area (Å²) in [6.07, 6.45) is 4.18. The number of hydrogen-bond donors (Lipinski definition) is 1. The van der Waals surface area contributed by atoms with Crippen LogP contribution >= 0.6 is 11.3 Å². The standard InChI is InChI=1S/C14H20N2OS/c15-13-5-1-3-10-8-16(9-12(10)13)14(17)7-11-4-2-6-18-11/h2,4,6,10,12-13H,1,3,5,7-9,15H2. The molecule has 2 N–H and O–H groups in total. The van der Waals surface area contributed by atoms with Crippen LogP contribution in [0.4, 0.5) is 0 Å². The summed E-state index contributed by atoms with van der Waals surface area (Å²) in [4.78, 5) is 15.5. The third-order valence-electron chi connectivity index (χ3n) is 4.41. The molecule has 0 aromatic carbocycles. The first-order valence-electron chi connectivity index (χ1n) is 6.80. The van der Waals surface area contributed by atoms with E-state index in [0.717, 1.165) is 19.5 Å². The lowest BCUT2D eigenvalue weighted by Crippen LogP contribution is -2.38. The van der Waals surface area contributed by atoms with E-state index in [2.05, 4.69) is 0 Å². The van der Waals surface area contributed by atoms with Crippen molar-refractivity contribution in [3.05, 3.63) is 22.4 Å². The fourth-order valence-electron chi connectivity index (χ4n) is 3.39. The fourth-order valence-corrected chi connectivity index (χ4v) is 4.09. The van der Waals surface area contributed by atoms with Crippen LogP contribution in [0.25, 0.3) is 0 Å². The van der Waals surface area contributed by atoms with Gasteiger partial charge in [0, 0.05) is 24.0 Å². The van der Waals surface area contributed by atoms with Crippen molar-refractivity contribution in [3.8, 4) is 0 Å². The summed E-state index contributed by atoms with van der Waals surface area (Å²) in [5.74, 6) is 1.48. The number of carbonyl (C=O) groups excluding carboxylic acids is 1. The molecule has 1 saturated heterocycles. The number of nitrogens with two attached hydrogens (primary N) is 1. The van der Waals surface area contributed by atoms with E-state index in [1.165, 1.54) is 17.7 Å². The molecule has 1 aromatic heterocycles. The Balaban J connectivity index is 1.62. The Kier molecular flexibility index (Phi) is 3.39. The number of carbonyl (C=O) groups is 1. The molecule has 2 heterocycles. The van der Waals surface area contributed by atoms with Gasteiger partial charge in [-0.3, -0.25) is 4.79 Å². The van der Waals surface area contributed by atoms with Crippen LogP contribution in [0.3, 0.4) is 0 Å². The number of amides is 1. The molecule has 1 amide bonds. The molecule has 4 heteroatoms. The van der Waals surface area contributed by atoms with Crippen molar-refractivity contribution in [1.29, 1.82) is 0 Å². The zero-order chi connectivity index (χ0) is 12.5. The lowest BCUT2D eigenvalue weighted by atomic mass is 9.78. The van der Waals surface area contributed by atoms with Crippen molar-refractivity contribution in [2.75, 3.05) is 13.1 Å². The smallest absolute Gasteiger partial charge is 0.227 e. The van der Waals surface area contributed by atoms with Gasteiger partial charge in [-0.2, -0.15) is 0 Å². The average molecular weight is 264 g/mol. The van der Waals surface area contributed by atoms with E-state index >= 15 is 0 Å². The minimum absolute atomic E-state index is 0.277. The normalized spacial score (nSPS) is 31.4. The minimum Gasteiger partial charge on any atom is -0.342 e. The van der Waals surface area contributed by atoms with E-state index in [1.54, 1.807) is 11.3 Å². The van der Waals surface area contributed by atoms with Crippen molar-refractivity contribution in [3.63, 3.8) is 0 Å². The maximum atomic E-state index is 12.3. The van der Waals surface area contributed by atoms with Crippen LogP contribution < -0.4 is 5.73 Å². The van der Waals surface area contributed by atoms with Gasteiger partial charge in [0.1, 0.15) is 0 Å². The number of hydrogen-bond acceptors (Lipinski definition) is 3. The summed E-state index contributed by atoms with van der Waals surface area (Å²) in [5, 5.41) is 2.03. The Bertz CT molecular complexity index is 417. The summed E-state index contributed by atoms with van der Waals surface area (Å²) >= 11 is 1.66. The third-order valence-corrected chi connectivity index (χ3v) is 5.29. The summed E-state index contributed by atoms with van der Waals surface area (Å²) < 4.78 is 0. The quantitative estimate of drug-likeness (QED) is 0.886. The van der Waals surface area contributed by atoms with Gasteiger partial charge in [-0.25, -0.2) is 0 Å². The monoisotopic (exact) mass is 264 g/mol. The zero-order valence-electron chi connectivity index (χ0n) is 10.5. The van der Waals surface area contributed by atoms with Gasteiger partial charge in [-0.1, -0.05) is 12.5 Å². The van der Waals surface area contributed by atoms with Crippen LogP contribution in [0.15, 0.2) is 17.5 Å². The number of fused-ring (bicyclic) bond motifs is 1. The lowest BCUT2D eigenvalue weighted by molar-refractivity contribution is -0.129. The molecule has 1 aromatic rings.